The van der Waals surface area contributed by atoms with Crippen LogP contribution in [-0.2, 0) is 11.8 Å². The average molecular weight is 244 g/mol. The summed E-state index contributed by atoms with van der Waals surface area (Å²) in [5.41, 5.74) is -0.604. The zero-order valence-corrected chi connectivity index (χ0v) is 9.96. The molecule has 1 aliphatic heterocycles. The van der Waals surface area contributed by atoms with Gasteiger partial charge in [-0.2, -0.15) is 5.10 Å². The number of aryl methyl sites for hydroxylation is 2. The Morgan fingerprint density at radius 1 is 1.59 bits per heavy atom. The standard InChI is InChI=1S/C11H14F2N2O2/c1-7-4-15(3)14-8(7)9(16)10(2)5-11(12,13)6-17-10/h4H,5-6H2,1-3H3. The first-order chi connectivity index (χ1) is 7.73. The highest BCUT2D eigenvalue weighted by molar-refractivity contribution is 6.02. The molecule has 0 spiro atoms. The van der Waals surface area contributed by atoms with Crippen molar-refractivity contribution in [2.24, 2.45) is 7.05 Å². The van der Waals surface area contributed by atoms with Crippen LogP contribution in [0.1, 0.15) is 29.4 Å². The van der Waals surface area contributed by atoms with E-state index in [9.17, 15) is 13.6 Å². The molecule has 1 aromatic rings. The predicted octanol–water partition coefficient (Wildman–Crippen LogP) is 1.73. The normalized spacial score (nSPS) is 27.4. The lowest BCUT2D eigenvalue weighted by Gasteiger charge is -2.20. The predicted molar refractivity (Wildman–Crippen MR) is 56.2 cm³/mol. The molecule has 1 aromatic heterocycles. The molecule has 2 rings (SSSR count). The molecule has 0 aliphatic carbocycles. The van der Waals surface area contributed by atoms with Gasteiger partial charge in [0.15, 0.2) is 0 Å². The number of aromatic nitrogens is 2. The van der Waals surface area contributed by atoms with Gasteiger partial charge in [-0.25, -0.2) is 8.78 Å². The van der Waals surface area contributed by atoms with E-state index in [1.54, 1.807) is 20.2 Å². The van der Waals surface area contributed by atoms with E-state index < -0.39 is 30.3 Å². The minimum atomic E-state index is -2.94. The van der Waals surface area contributed by atoms with Gasteiger partial charge in [0.1, 0.15) is 17.9 Å². The smallest absolute Gasteiger partial charge is 0.274 e. The molecule has 94 valence electrons. The summed E-state index contributed by atoms with van der Waals surface area (Å²) in [6.45, 7) is 2.40. The maximum atomic E-state index is 13.1. The van der Waals surface area contributed by atoms with E-state index in [-0.39, 0.29) is 5.69 Å². The van der Waals surface area contributed by atoms with Crippen LogP contribution in [0.15, 0.2) is 6.20 Å². The number of halogens is 2. The van der Waals surface area contributed by atoms with Gasteiger partial charge in [0.05, 0.1) is 6.42 Å². The van der Waals surface area contributed by atoms with Gasteiger partial charge in [0, 0.05) is 13.2 Å². The molecule has 0 N–H and O–H groups in total. The average Bonchev–Trinajstić information content (AvgIpc) is 2.66. The third kappa shape index (κ3) is 2.09. The third-order valence-corrected chi connectivity index (χ3v) is 2.91. The van der Waals surface area contributed by atoms with E-state index in [1.807, 2.05) is 0 Å². The number of carbonyl (C=O) groups excluding carboxylic acids is 1. The second-order valence-corrected chi connectivity index (χ2v) is 4.72. The summed E-state index contributed by atoms with van der Waals surface area (Å²) in [7, 11) is 1.68. The first-order valence-corrected chi connectivity index (χ1v) is 5.30. The highest BCUT2D eigenvalue weighted by Crippen LogP contribution is 2.38. The molecule has 1 saturated heterocycles. The minimum Gasteiger partial charge on any atom is -0.361 e. The van der Waals surface area contributed by atoms with E-state index in [0.29, 0.717) is 5.56 Å². The Balaban J connectivity index is 2.30. The van der Waals surface area contributed by atoms with E-state index in [2.05, 4.69) is 5.10 Å². The summed E-state index contributed by atoms with van der Waals surface area (Å²) in [5, 5.41) is 3.99. The number of nitrogens with zero attached hydrogens (tertiary/aromatic N) is 2. The lowest BCUT2D eigenvalue weighted by molar-refractivity contribution is -0.0161. The number of hydrogen-bond donors (Lipinski definition) is 0. The van der Waals surface area contributed by atoms with Crippen LogP contribution in [0.3, 0.4) is 0 Å². The molecule has 0 radical (unpaired) electrons. The number of alkyl halides is 2. The van der Waals surface area contributed by atoms with Crippen LogP contribution in [0.4, 0.5) is 8.78 Å². The highest BCUT2D eigenvalue weighted by Gasteiger charge is 2.53. The van der Waals surface area contributed by atoms with Gasteiger partial charge in [-0.1, -0.05) is 0 Å². The number of rotatable bonds is 2. The molecule has 2 heterocycles. The fraction of sp³-hybridized carbons (Fsp3) is 0.636. The third-order valence-electron chi connectivity index (χ3n) is 2.91. The molecule has 4 nitrogen and oxygen atoms in total. The van der Waals surface area contributed by atoms with Crippen molar-refractivity contribution < 1.29 is 18.3 Å². The SMILES string of the molecule is Cc1cn(C)nc1C(=O)C1(C)CC(F)(F)CO1. The van der Waals surface area contributed by atoms with Gasteiger partial charge in [0.25, 0.3) is 5.92 Å². The Morgan fingerprint density at radius 2 is 2.24 bits per heavy atom. The largest absolute Gasteiger partial charge is 0.361 e. The van der Waals surface area contributed by atoms with Crippen molar-refractivity contribution in [3.63, 3.8) is 0 Å². The second kappa shape index (κ2) is 3.60. The van der Waals surface area contributed by atoms with Crippen LogP contribution >= 0.6 is 0 Å². The number of hydrogen-bond acceptors (Lipinski definition) is 3. The summed E-state index contributed by atoms with van der Waals surface area (Å²) in [6.07, 6.45) is 1.08. The fourth-order valence-electron chi connectivity index (χ4n) is 2.09. The van der Waals surface area contributed by atoms with Crippen LogP contribution in [0.25, 0.3) is 0 Å². The van der Waals surface area contributed by atoms with E-state index in [0.717, 1.165) is 0 Å². The van der Waals surface area contributed by atoms with Gasteiger partial charge in [-0.15, -0.1) is 0 Å². The first-order valence-electron chi connectivity index (χ1n) is 5.30. The summed E-state index contributed by atoms with van der Waals surface area (Å²) in [4.78, 5) is 12.2. The summed E-state index contributed by atoms with van der Waals surface area (Å²) >= 11 is 0. The number of ether oxygens (including phenoxy) is 1. The van der Waals surface area contributed by atoms with Crippen molar-refractivity contribution in [2.75, 3.05) is 6.61 Å². The molecule has 0 bridgehead atoms. The van der Waals surface area contributed by atoms with Crippen molar-refractivity contribution in [3.8, 4) is 0 Å². The van der Waals surface area contributed by atoms with Crippen LogP contribution in [0.5, 0.6) is 0 Å². The summed E-state index contributed by atoms with van der Waals surface area (Å²) in [5.74, 6) is -3.42. The lowest BCUT2D eigenvalue weighted by Crippen LogP contribution is -2.36. The molecule has 1 atom stereocenters. The van der Waals surface area contributed by atoms with E-state index in [1.165, 1.54) is 11.6 Å². The van der Waals surface area contributed by atoms with Crippen LogP contribution in [0, 0.1) is 6.92 Å². The first kappa shape index (κ1) is 12.2. The van der Waals surface area contributed by atoms with E-state index >= 15 is 0 Å². The van der Waals surface area contributed by atoms with Crippen molar-refractivity contribution in [1.82, 2.24) is 9.78 Å². The van der Waals surface area contributed by atoms with E-state index in [4.69, 9.17) is 4.74 Å². The molecular weight excluding hydrogens is 230 g/mol. The number of carbonyl (C=O) groups is 1. The minimum absolute atomic E-state index is 0.202. The number of ketones is 1. The molecule has 1 unspecified atom stereocenters. The quantitative estimate of drug-likeness (QED) is 0.744. The Hall–Kier alpha value is -1.30. The van der Waals surface area contributed by atoms with Gasteiger partial charge in [0.2, 0.25) is 5.78 Å². The summed E-state index contributed by atoms with van der Waals surface area (Å²) < 4.78 is 32.7. The molecule has 0 aromatic carbocycles. The maximum Gasteiger partial charge on any atom is 0.274 e. The van der Waals surface area contributed by atoms with Crippen molar-refractivity contribution in [3.05, 3.63) is 17.5 Å². The fourth-order valence-corrected chi connectivity index (χ4v) is 2.09. The monoisotopic (exact) mass is 244 g/mol. The van der Waals surface area contributed by atoms with Crippen molar-refractivity contribution in [1.29, 1.82) is 0 Å². The summed E-state index contributed by atoms with van der Waals surface area (Å²) in [6, 6.07) is 0. The zero-order chi connectivity index (χ0) is 12.8. The van der Waals surface area contributed by atoms with Crippen LogP contribution in [-0.4, -0.2) is 33.7 Å². The maximum absolute atomic E-state index is 13.1. The van der Waals surface area contributed by atoms with Gasteiger partial charge in [-0.3, -0.25) is 9.48 Å². The van der Waals surface area contributed by atoms with Gasteiger partial charge >= 0.3 is 0 Å². The Morgan fingerprint density at radius 3 is 2.65 bits per heavy atom. The number of Topliss-reactive ketones (excluding diaryl/α,β-unsaturated/α-hetero) is 1. The molecular formula is C11H14F2N2O2. The van der Waals surface area contributed by atoms with Gasteiger partial charge < -0.3 is 4.74 Å². The topological polar surface area (TPSA) is 44.1 Å². The second-order valence-electron chi connectivity index (χ2n) is 4.72. The molecule has 6 heteroatoms. The Kier molecular flexibility index (Phi) is 2.57. The Labute approximate surface area is 97.6 Å². The highest BCUT2D eigenvalue weighted by atomic mass is 19.3. The lowest BCUT2D eigenvalue weighted by atomic mass is 9.92. The molecule has 1 fully saturated rings. The molecule has 0 saturated carbocycles. The zero-order valence-electron chi connectivity index (χ0n) is 9.96. The molecule has 0 amide bonds. The molecule has 1 aliphatic rings. The van der Waals surface area contributed by atoms with Crippen LogP contribution < -0.4 is 0 Å². The van der Waals surface area contributed by atoms with Crippen molar-refractivity contribution >= 4 is 5.78 Å². The van der Waals surface area contributed by atoms with Crippen molar-refractivity contribution in [2.45, 2.75) is 31.8 Å². The Bertz CT molecular complexity index is 470. The van der Waals surface area contributed by atoms with Gasteiger partial charge in [-0.05, 0) is 19.4 Å². The van der Waals surface area contributed by atoms with Crippen LogP contribution in [0.2, 0.25) is 0 Å². The molecule has 17 heavy (non-hydrogen) atoms.